The quantitative estimate of drug-likeness (QED) is 0.783. The number of carbonyl (C=O) groups is 2. The van der Waals surface area contributed by atoms with Gasteiger partial charge in [-0.2, -0.15) is 0 Å². The number of ether oxygens (including phenoxy) is 3. The maximum absolute atomic E-state index is 11.8. The number of rotatable bonds is 6. The number of carboxylic acids is 1. The van der Waals surface area contributed by atoms with Crippen LogP contribution in [0, 0.1) is 0 Å². The number of methoxy groups -OCH3 is 1. The monoisotopic (exact) mass is 311 g/mol. The van der Waals surface area contributed by atoms with Crippen LogP contribution >= 0.6 is 0 Å². The van der Waals surface area contributed by atoms with E-state index in [0.29, 0.717) is 11.3 Å². The number of aliphatic carboxylic acids is 1. The molecule has 1 aromatic rings. The van der Waals surface area contributed by atoms with Crippen LogP contribution in [0.4, 0.5) is 4.79 Å². The number of nitrogens with one attached hydrogen (secondary N) is 1. The Hall–Kier alpha value is -2.28. The van der Waals surface area contributed by atoms with Gasteiger partial charge in [0, 0.05) is 12.7 Å². The Labute approximate surface area is 129 Å². The van der Waals surface area contributed by atoms with Crippen LogP contribution < -0.4 is 10.1 Å². The van der Waals surface area contributed by atoms with E-state index in [0.717, 1.165) is 0 Å². The fourth-order valence-corrected chi connectivity index (χ4v) is 1.67. The first-order valence-corrected chi connectivity index (χ1v) is 6.67. The number of amides is 1. The van der Waals surface area contributed by atoms with E-state index in [1.807, 2.05) is 0 Å². The van der Waals surface area contributed by atoms with Gasteiger partial charge < -0.3 is 24.6 Å². The Balaban J connectivity index is 2.96. The summed E-state index contributed by atoms with van der Waals surface area (Å²) < 4.78 is 15.2. The number of para-hydroxylation sites is 1. The minimum Gasteiger partial charge on any atom is -0.479 e. The highest BCUT2D eigenvalue weighted by molar-refractivity contribution is 5.82. The molecule has 1 unspecified atom stereocenters. The topological polar surface area (TPSA) is 94.1 Å². The normalized spacial score (nSPS) is 12.4. The molecule has 0 aliphatic heterocycles. The lowest BCUT2D eigenvalue weighted by atomic mass is 10.1. The molecule has 0 heterocycles. The van der Waals surface area contributed by atoms with Gasteiger partial charge in [-0.1, -0.05) is 18.2 Å². The molecule has 0 bridgehead atoms. The van der Waals surface area contributed by atoms with Crippen molar-refractivity contribution in [3.05, 3.63) is 29.8 Å². The summed E-state index contributed by atoms with van der Waals surface area (Å²) >= 11 is 0. The van der Waals surface area contributed by atoms with Gasteiger partial charge in [0.1, 0.15) is 11.4 Å². The van der Waals surface area contributed by atoms with Crippen LogP contribution in [-0.2, 0) is 14.3 Å². The van der Waals surface area contributed by atoms with Crippen molar-refractivity contribution in [3.8, 4) is 5.75 Å². The maximum Gasteiger partial charge on any atom is 0.408 e. The molecule has 0 fully saturated rings. The zero-order chi connectivity index (χ0) is 16.8. The predicted octanol–water partition coefficient (Wildman–Crippen LogP) is 2.32. The van der Waals surface area contributed by atoms with Crippen molar-refractivity contribution in [1.29, 1.82) is 0 Å². The molecular formula is C15H21NO6. The Morgan fingerprint density at radius 3 is 2.45 bits per heavy atom. The van der Waals surface area contributed by atoms with Crippen molar-refractivity contribution in [2.24, 2.45) is 0 Å². The van der Waals surface area contributed by atoms with Crippen molar-refractivity contribution < 1.29 is 28.9 Å². The van der Waals surface area contributed by atoms with Gasteiger partial charge in [0.25, 0.3) is 0 Å². The number of alkyl carbamates (subject to hydrolysis) is 1. The third-order valence-electron chi connectivity index (χ3n) is 2.47. The minimum absolute atomic E-state index is 0.0320. The summed E-state index contributed by atoms with van der Waals surface area (Å²) in [4.78, 5) is 23.3. The molecule has 1 atom stereocenters. The minimum atomic E-state index is -1.29. The Kier molecular flexibility index (Phi) is 6.18. The number of carboxylic acid groups (broad SMARTS) is 1. The smallest absolute Gasteiger partial charge is 0.408 e. The largest absolute Gasteiger partial charge is 0.479 e. The van der Waals surface area contributed by atoms with Crippen molar-refractivity contribution in [2.45, 2.75) is 32.4 Å². The third kappa shape index (κ3) is 5.61. The van der Waals surface area contributed by atoms with E-state index >= 15 is 0 Å². The standard InChI is InChI=1S/C15H21NO6/c1-15(2,3)22-14(19)16-12(13(17)18)10-7-5-6-8-11(10)21-9-20-4/h5-8,12H,9H2,1-4H3,(H,16,19)(H,17,18). The molecule has 7 heteroatoms. The second-order valence-electron chi connectivity index (χ2n) is 5.51. The summed E-state index contributed by atoms with van der Waals surface area (Å²) in [6.07, 6.45) is -0.818. The third-order valence-corrected chi connectivity index (χ3v) is 2.47. The van der Waals surface area contributed by atoms with Gasteiger partial charge in [0.05, 0.1) is 0 Å². The molecule has 7 nitrogen and oxygen atoms in total. The van der Waals surface area contributed by atoms with E-state index < -0.39 is 23.7 Å². The van der Waals surface area contributed by atoms with E-state index in [4.69, 9.17) is 14.2 Å². The molecule has 2 N–H and O–H groups in total. The lowest BCUT2D eigenvalue weighted by molar-refractivity contribution is -0.139. The maximum atomic E-state index is 11.8. The molecule has 0 aliphatic carbocycles. The molecule has 0 aliphatic rings. The molecule has 1 rings (SSSR count). The molecule has 122 valence electrons. The first kappa shape index (κ1) is 17.8. The fourth-order valence-electron chi connectivity index (χ4n) is 1.67. The zero-order valence-electron chi connectivity index (χ0n) is 13.1. The highest BCUT2D eigenvalue weighted by Gasteiger charge is 2.27. The van der Waals surface area contributed by atoms with Crippen LogP contribution in [0.3, 0.4) is 0 Å². The number of hydrogen-bond acceptors (Lipinski definition) is 5. The van der Waals surface area contributed by atoms with Gasteiger partial charge in [0.2, 0.25) is 0 Å². The van der Waals surface area contributed by atoms with E-state index in [2.05, 4.69) is 5.32 Å². The first-order valence-electron chi connectivity index (χ1n) is 6.67. The van der Waals surface area contributed by atoms with Gasteiger partial charge in [0.15, 0.2) is 12.8 Å². The van der Waals surface area contributed by atoms with Crippen LogP contribution in [0.5, 0.6) is 5.75 Å². The van der Waals surface area contributed by atoms with Crippen LogP contribution in [0.15, 0.2) is 24.3 Å². The van der Waals surface area contributed by atoms with Crippen molar-refractivity contribution >= 4 is 12.1 Å². The SMILES string of the molecule is COCOc1ccccc1C(NC(=O)OC(C)(C)C)C(=O)O. The Morgan fingerprint density at radius 1 is 1.27 bits per heavy atom. The second-order valence-corrected chi connectivity index (χ2v) is 5.51. The highest BCUT2D eigenvalue weighted by atomic mass is 16.7. The van der Waals surface area contributed by atoms with E-state index in [9.17, 15) is 14.7 Å². The molecular weight excluding hydrogens is 290 g/mol. The number of hydrogen-bond donors (Lipinski definition) is 2. The average molecular weight is 311 g/mol. The Bertz CT molecular complexity index is 523. The molecule has 0 radical (unpaired) electrons. The summed E-state index contributed by atoms with van der Waals surface area (Å²) in [5.74, 6) is -0.910. The van der Waals surface area contributed by atoms with Crippen LogP contribution in [0.1, 0.15) is 32.4 Å². The number of benzene rings is 1. The molecule has 1 amide bonds. The zero-order valence-corrected chi connectivity index (χ0v) is 13.1. The van der Waals surface area contributed by atoms with E-state index in [1.165, 1.54) is 7.11 Å². The molecule has 1 aromatic carbocycles. The molecule has 0 spiro atoms. The lowest BCUT2D eigenvalue weighted by Crippen LogP contribution is -2.38. The summed E-state index contributed by atoms with van der Waals surface area (Å²) in [6.45, 7) is 5.05. The van der Waals surface area contributed by atoms with Gasteiger partial charge >= 0.3 is 12.1 Å². The second kappa shape index (κ2) is 7.65. The van der Waals surface area contributed by atoms with Gasteiger partial charge in [-0.05, 0) is 26.8 Å². The van der Waals surface area contributed by atoms with Crippen LogP contribution in [0.2, 0.25) is 0 Å². The predicted molar refractivity (Wildman–Crippen MR) is 78.7 cm³/mol. The van der Waals surface area contributed by atoms with Crippen molar-refractivity contribution in [1.82, 2.24) is 5.32 Å². The summed E-state index contributed by atoms with van der Waals surface area (Å²) in [5, 5.41) is 11.7. The molecule has 0 saturated heterocycles. The van der Waals surface area contributed by atoms with Crippen molar-refractivity contribution in [3.63, 3.8) is 0 Å². The van der Waals surface area contributed by atoms with Gasteiger partial charge in [-0.15, -0.1) is 0 Å². The Morgan fingerprint density at radius 2 is 1.91 bits per heavy atom. The van der Waals surface area contributed by atoms with E-state index in [1.54, 1.807) is 45.0 Å². The average Bonchev–Trinajstić information content (AvgIpc) is 2.41. The van der Waals surface area contributed by atoms with Gasteiger partial charge in [-0.3, -0.25) is 0 Å². The number of carbonyl (C=O) groups excluding carboxylic acids is 1. The lowest BCUT2D eigenvalue weighted by Gasteiger charge is -2.23. The molecule has 0 aromatic heterocycles. The van der Waals surface area contributed by atoms with Gasteiger partial charge in [-0.25, -0.2) is 9.59 Å². The summed E-state index contributed by atoms with van der Waals surface area (Å²) in [5.41, 5.74) is -0.419. The van der Waals surface area contributed by atoms with Crippen molar-refractivity contribution in [2.75, 3.05) is 13.9 Å². The summed E-state index contributed by atoms with van der Waals surface area (Å²) in [7, 11) is 1.45. The van der Waals surface area contributed by atoms with Crippen LogP contribution in [0.25, 0.3) is 0 Å². The van der Waals surface area contributed by atoms with Crippen LogP contribution in [-0.4, -0.2) is 36.7 Å². The first-order chi connectivity index (χ1) is 10.2. The fraction of sp³-hybridized carbons (Fsp3) is 0.467. The highest BCUT2D eigenvalue weighted by Crippen LogP contribution is 2.26. The molecule has 0 saturated carbocycles. The van der Waals surface area contributed by atoms with E-state index in [-0.39, 0.29) is 6.79 Å². The molecule has 22 heavy (non-hydrogen) atoms. The summed E-state index contributed by atoms with van der Waals surface area (Å²) in [6, 6.07) is 5.22.